The first-order valence-electron chi connectivity index (χ1n) is 14.6. The summed E-state index contributed by atoms with van der Waals surface area (Å²) in [6.45, 7) is 7.58. The molecule has 2 heterocycles. The number of carbonyl (C=O) groups is 1. The Morgan fingerprint density at radius 2 is 1.74 bits per heavy atom. The first kappa shape index (κ1) is 32.5. The Kier molecular flexibility index (Phi) is 9.81. The molecule has 1 saturated carbocycles. The highest BCUT2D eigenvalue weighted by Crippen LogP contribution is 2.39. The molecule has 1 atom stereocenters. The van der Waals surface area contributed by atoms with Crippen LogP contribution in [0.25, 0.3) is 11.3 Å². The summed E-state index contributed by atoms with van der Waals surface area (Å²) in [6, 6.07) is 3.67. The number of nitrogens with zero attached hydrogens (tertiary/aromatic N) is 1. The number of nitrogens with one attached hydrogen (secondary N) is 2. The standard InChI is InChI=1S/C30H42F3N3O5S/c1-19-24(28(37)34-23-12-14-41-15-13-23)17-26(36(19)18-21-8-6-5-7-9-21)22-10-11-27(25(16-22)30(31,32)33)42(39,40)35-20(2)29(3,4)38/h10-11,16-17,20-21,23,35,38H,5-9,12-15,18H2,1-4H3,(H,34,37). The molecule has 2 aliphatic rings. The molecule has 0 radical (unpaired) electrons. The molecule has 2 fully saturated rings. The molecule has 4 rings (SSSR count). The number of halogens is 3. The van der Waals surface area contributed by atoms with Gasteiger partial charge in [-0.25, -0.2) is 13.1 Å². The van der Waals surface area contributed by atoms with E-state index in [0.717, 1.165) is 44.2 Å². The van der Waals surface area contributed by atoms with Crippen LogP contribution in [-0.2, 0) is 27.5 Å². The first-order chi connectivity index (χ1) is 19.6. The number of alkyl halides is 3. The summed E-state index contributed by atoms with van der Waals surface area (Å²) in [4.78, 5) is 12.4. The SMILES string of the molecule is Cc1c(C(=O)NC2CCOCC2)cc(-c2ccc(S(=O)(=O)NC(C)C(C)(C)O)c(C(F)(F)F)c2)n1CC1CCCCC1. The zero-order valence-electron chi connectivity index (χ0n) is 24.7. The second-order valence-corrected chi connectivity index (χ2v) is 13.9. The monoisotopic (exact) mass is 613 g/mol. The summed E-state index contributed by atoms with van der Waals surface area (Å²) in [5.74, 6) is 0.0346. The van der Waals surface area contributed by atoms with E-state index in [1.807, 2.05) is 4.57 Å². The molecule has 8 nitrogen and oxygen atoms in total. The Balaban J connectivity index is 1.77. The molecule has 1 saturated heterocycles. The fourth-order valence-corrected chi connectivity index (χ4v) is 7.26. The van der Waals surface area contributed by atoms with Gasteiger partial charge in [0, 0.05) is 43.2 Å². The van der Waals surface area contributed by atoms with E-state index >= 15 is 0 Å². The third-order valence-corrected chi connectivity index (χ3v) is 10.2. The van der Waals surface area contributed by atoms with Crippen molar-refractivity contribution in [2.75, 3.05) is 13.2 Å². The smallest absolute Gasteiger partial charge is 0.389 e. The van der Waals surface area contributed by atoms with Gasteiger partial charge in [0.1, 0.15) is 0 Å². The highest BCUT2D eigenvalue weighted by molar-refractivity contribution is 7.89. The average Bonchev–Trinajstić information content (AvgIpc) is 3.24. The quantitative estimate of drug-likeness (QED) is 0.351. The lowest BCUT2D eigenvalue weighted by molar-refractivity contribution is -0.139. The second-order valence-electron chi connectivity index (χ2n) is 12.2. The number of benzene rings is 1. The van der Waals surface area contributed by atoms with Crippen LogP contribution in [0.5, 0.6) is 0 Å². The van der Waals surface area contributed by atoms with E-state index < -0.39 is 38.3 Å². The highest BCUT2D eigenvalue weighted by atomic mass is 32.2. The van der Waals surface area contributed by atoms with Gasteiger partial charge >= 0.3 is 6.18 Å². The maximum absolute atomic E-state index is 14.4. The molecule has 1 unspecified atom stereocenters. The van der Waals surface area contributed by atoms with Crippen molar-refractivity contribution in [3.8, 4) is 11.3 Å². The van der Waals surface area contributed by atoms with Crippen molar-refractivity contribution in [2.45, 2.75) is 108 Å². The molecule has 3 N–H and O–H groups in total. The van der Waals surface area contributed by atoms with Crippen LogP contribution >= 0.6 is 0 Å². The molecule has 0 spiro atoms. The Morgan fingerprint density at radius 1 is 1.10 bits per heavy atom. The fourth-order valence-electron chi connectivity index (χ4n) is 5.67. The Labute approximate surface area is 246 Å². The van der Waals surface area contributed by atoms with Gasteiger partial charge in [-0.1, -0.05) is 25.3 Å². The summed E-state index contributed by atoms with van der Waals surface area (Å²) < 4.78 is 78.7. The van der Waals surface area contributed by atoms with Crippen molar-refractivity contribution < 1.29 is 36.2 Å². The van der Waals surface area contributed by atoms with Gasteiger partial charge in [-0.2, -0.15) is 13.2 Å². The molecular formula is C30H42F3N3O5S. The zero-order valence-corrected chi connectivity index (χ0v) is 25.5. The topological polar surface area (TPSA) is 110 Å². The number of rotatable bonds is 9. The average molecular weight is 614 g/mol. The van der Waals surface area contributed by atoms with Crippen molar-refractivity contribution in [3.05, 3.63) is 41.1 Å². The lowest BCUT2D eigenvalue weighted by Gasteiger charge is -2.27. The number of carbonyl (C=O) groups excluding carboxylic acids is 1. The molecule has 1 aliphatic heterocycles. The minimum Gasteiger partial charge on any atom is -0.389 e. The lowest BCUT2D eigenvalue weighted by Crippen LogP contribution is -2.47. The van der Waals surface area contributed by atoms with Crippen LogP contribution in [0.2, 0.25) is 0 Å². The molecule has 1 aliphatic carbocycles. The number of amides is 1. The van der Waals surface area contributed by atoms with Crippen molar-refractivity contribution in [1.29, 1.82) is 0 Å². The van der Waals surface area contributed by atoms with Crippen molar-refractivity contribution in [2.24, 2.45) is 5.92 Å². The molecule has 12 heteroatoms. The van der Waals surface area contributed by atoms with Gasteiger partial charge in [0.2, 0.25) is 10.0 Å². The number of aliphatic hydroxyl groups is 1. The minimum atomic E-state index is -4.98. The minimum absolute atomic E-state index is 0.0455. The van der Waals surface area contributed by atoms with Gasteiger partial charge in [-0.3, -0.25) is 4.79 Å². The first-order valence-corrected chi connectivity index (χ1v) is 16.1. The van der Waals surface area contributed by atoms with E-state index in [4.69, 9.17) is 4.74 Å². The normalized spacial score (nSPS) is 18.7. The third-order valence-electron chi connectivity index (χ3n) is 8.60. The van der Waals surface area contributed by atoms with E-state index in [1.165, 1.54) is 26.8 Å². The largest absolute Gasteiger partial charge is 0.417 e. The summed E-state index contributed by atoms with van der Waals surface area (Å²) in [5.41, 5.74) is -1.16. The maximum atomic E-state index is 14.4. The molecule has 1 aromatic carbocycles. The van der Waals surface area contributed by atoms with Crippen molar-refractivity contribution >= 4 is 15.9 Å². The molecule has 1 amide bonds. The van der Waals surface area contributed by atoms with Gasteiger partial charge in [0.15, 0.2) is 0 Å². The molecule has 1 aromatic heterocycles. The lowest BCUT2D eigenvalue weighted by atomic mass is 9.89. The molecule has 0 bridgehead atoms. The van der Waals surface area contributed by atoms with Crippen LogP contribution < -0.4 is 10.0 Å². The predicted octanol–water partition coefficient (Wildman–Crippen LogP) is 5.41. The summed E-state index contributed by atoms with van der Waals surface area (Å²) in [5, 5.41) is 13.2. The van der Waals surface area contributed by atoms with Crippen LogP contribution in [0.3, 0.4) is 0 Å². The van der Waals surface area contributed by atoms with E-state index in [1.54, 1.807) is 13.0 Å². The second kappa shape index (κ2) is 12.7. The Hall–Kier alpha value is -2.41. The number of hydrogen-bond donors (Lipinski definition) is 3. The van der Waals surface area contributed by atoms with Crippen molar-refractivity contribution in [3.63, 3.8) is 0 Å². The summed E-state index contributed by atoms with van der Waals surface area (Å²) in [6.07, 6.45) is 1.70. The maximum Gasteiger partial charge on any atom is 0.417 e. The molecule has 234 valence electrons. The van der Waals surface area contributed by atoms with Gasteiger partial charge in [-0.05, 0) is 83.1 Å². The van der Waals surface area contributed by atoms with E-state index in [9.17, 15) is 31.5 Å². The zero-order chi connectivity index (χ0) is 30.9. The number of ether oxygens (including phenoxy) is 1. The predicted molar refractivity (Wildman–Crippen MR) is 154 cm³/mol. The van der Waals surface area contributed by atoms with Crippen LogP contribution in [-0.4, -0.2) is 54.9 Å². The molecule has 42 heavy (non-hydrogen) atoms. The third kappa shape index (κ3) is 7.56. The highest BCUT2D eigenvalue weighted by Gasteiger charge is 2.39. The van der Waals surface area contributed by atoms with Crippen LogP contribution in [0.15, 0.2) is 29.2 Å². The van der Waals surface area contributed by atoms with Crippen molar-refractivity contribution in [1.82, 2.24) is 14.6 Å². The summed E-state index contributed by atoms with van der Waals surface area (Å²) in [7, 11) is -4.63. The van der Waals surface area contributed by atoms with E-state index in [-0.39, 0.29) is 17.5 Å². The summed E-state index contributed by atoms with van der Waals surface area (Å²) >= 11 is 0. The number of aromatic nitrogens is 1. The molecule has 2 aromatic rings. The van der Waals surface area contributed by atoms with E-state index in [2.05, 4.69) is 10.0 Å². The Bertz CT molecular complexity index is 1370. The fraction of sp³-hybridized carbons (Fsp3) is 0.633. The van der Waals surface area contributed by atoms with Crippen LogP contribution in [0, 0.1) is 12.8 Å². The van der Waals surface area contributed by atoms with Crippen LogP contribution in [0.1, 0.15) is 87.3 Å². The van der Waals surface area contributed by atoms with Gasteiger partial charge in [0.05, 0.1) is 21.6 Å². The van der Waals surface area contributed by atoms with Gasteiger partial charge in [-0.15, -0.1) is 0 Å². The van der Waals surface area contributed by atoms with Gasteiger partial charge in [0.25, 0.3) is 5.91 Å². The Morgan fingerprint density at radius 3 is 2.33 bits per heavy atom. The number of hydrogen-bond acceptors (Lipinski definition) is 5. The molecular weight excluding hydrogens is 571 g/mol. The number of sulfonamides is 1. The van der Waals surface area contributed by atoms with Gasteiger partial charge < -0.3 is 19.7 Å². The van der Waals surface area contributed by atoms with Crippen LogP contribution in [0.4, 0.5) is 13.2 Å². The van der Waals surface area contributed by atoms with E-state index in [0.29, 0.717) is 55.5 Å².